The number of hydrogen-bond acceptors (Lipinski definition) is 5. The predicted molar refractivity (Wildman–Crippen MR) is 104 cm³/mol. The number of carbonyl (C=O) groups is 1. The Kier molecular flexibility index (Phi) is 6.67. The summed E-state index contributed by atoms with van der Waals surface area (Å²) in [5, 5.41) is 25.5. The van der Waals surface area contributed by atoms with E-state index in [0.29, 0.717) is 11.6 Å². The zero-order valence-corrected chi connectivity index (χ0v) is 15.1. The van der Waals surface area contributed by atoms with Crippen LogP contribution in [0.2, 0.25) is 0 Å². The number of anilines is 2. The summed E-state index contributed by atoms with van der Waals surface area (Å²) in [5.41, 5.74) is 2.12. The van der Waals surface area contributed by atoms with E-state index in [2.05, 4.69) is 24.5 Å². The second kappa shape index (κ2) is 9.15. The minimum absolute atomic E-state index is 0.0765. The van der Waals surface area contributed by atoms with Crippen LogP contribution in [0.15, 0.2) is 60.3 Å². The lowest BCUT2D eigenvalue weighted by molar-refractivity contribution is -0.384. The smallest absolute Gasteiger partial charge is 0.269 e. The molecule has 0 spiro atoms. The highest BCUT2D eigenvalue weighted by molar-refractivity contribution is 6.06. The van der Waals surface area contributed by atoms with Crippen molar-refractivity contribution in [2.24, 2.45) is 0 Å². The second-order valence-electron chi connectivity index (χ2n) is 5.97. The van der Waals surface area contributed by atoms with Gasteiger partial charge in [-0.05, 0) is 36.1 Å². The molecule has 0 fully saturated rings. The van der Waals surface area contributed by atoms with E-state index in [1.807, 2.05) is 30.3 Å². The van der Waals surface area contributed by atoms with Gasteiger partial charge in [-0.15, -0.1) is 0 Å². The number of benzene rings is 2. The van der Waals surface area contributed by atoms with E-state index in [9.17, 15) is 20.2 Å². The highest BCUT2D eigenvalue weighted by atomic mass is 16.6. The summed E-state index contributed by atoms with van der Waals surface area (Å²) in [4.78, 5) is 22.4. The van der Waals surface area contributed by atoms with E-state index in [4.69, 9.17) is 0 Å². The Balaban J connectivity index is 2.13. The fraction of sp³-hybridized carbons (Fsp3) is 0.200. The van der Waals surface area contributed by atoms with Gasteiger partial charge < -0.3 is 10.6 Å². The van der Waals surface area contributed by atoms with Crippen molar-refractivity contribution >= 4 is 23.0 Å². The van der Waals surface area contributed by atoms with E-state index in [0.717, 1.165) is 17.7 Å². The van der Waals surface area contributed by atoms with E-state index >= 15 is 0 Å². The number of nitrogens with zero attached hydrogens (tertiary/aromatic N) is 2. The van der Waals surface area contributed by atoms with Crippen LogP contribution < -0.4 is 10.6 Å². The highest BCUT2D eigenvalue weighted by Crippen LogP contribution is 2.26. The third-order valence-electron chi connectivity index (χ3n) is 4.18. The third-order valence-corrected chi connectivity index (χ3v) is 4.18. The quantitative estimate of drug-likeness (QED) is 0.324. The molecule has 1 unspecified atom stereocenters. The molecule has 2 rings (SSSR count). The van der Waals surface area contributed by atoms with Gasteiger partial charge in [-0.1, -0.05) is 32.0 Å². The van der Waals surface area contributed by atoms with Crippen LogP contribution in [-0.4, -0.2) is 10.8 Å². The number of carbonyl (C=O) groups excluding carboxylic acids is 1. The van der Waals surface area contributed by atoms with Crippen LogP contribution in [0.3, 0.4) is 0 Å². The molecule has 138 valence electrons. The molecule has 0 aliphatic carbocycles. The van der Waals surface area contributed by atoms with Gasteiger partial charge in [0.2, 0.25) is 0 Å². The zero-order chi connectivity index (χ0) is 19.8. The molecule has 27 heavy (non-hydrogen) atoms. The summed E-state index contributed by atoms with van der Waals surface area (Å²) in [7, 11) is 0. The van der Waals surface area contributed by atoms with Crippen molar-refractivity contribution in [1.82, 2.24) is 0 Å². The molecule has 1 amide bonds. The van der Waals surface area contributed by atoms with E-state index in [1.54, 1.807) is 0 Å². The van der Waals surface area contributed by atoms with Gasteiger partial charge in [-0.2, -0.15) is 5.26 Å². The molecule has 0 aromatic heterocycles. The average Bonchev–Trinajstić information content (AvgIpc) is 2.68. The van der Waals surface area contributed by atoms with Crippen molar-refractivity contribution in [3.8, 4) is 6.07 Å². The van der Waals surface area contributed by atoms with Gasteiger partial charge in [0.15, 0.2) is 0 Å². The molecule has 0 heterocycles. The van der Waals surface area contributed by atoms with Crippen molar-refractivity contribution in [1.29, 1.82) is 5.26 Å². The molecular formula is C20H20N4O3. The lowest BCUT2D eigenvalue weighted by Gasteiger charge is -2.14. The first-order valence-corrected chi connectivity index (χ1v) is 8.47. The van der Waals surface area contributed by atoms with Crippen LogP contribution >= 0.6 is 0 Å². The number of nitriles is 1. The highest BCUT2D eigenvalue weighted by Gasteiger charge is 2.12. The van der Waals surface area contributed by atoms with Gasteiger partial charge in [-0.3, -0.25) is 14.9 Å². The number of rotatable bonds is 7. The average molecular weight is 364 g/mol. The van der Waals surface area contributed by atoms with Crippen molar-refractivity contribution in [2.75, 3.05) is 10.6 Å². The first-order valence-electron chi connectivity index (χ1n) is 8.47. The number of hydrogen-bond donors (Lipinski definition) is 2. The zero-order valence-electron chi connectivity index (χ0n) is 15.1. The van der Waals surface area contributed by atoms with Crippen LogP contribution in [0.5, 0.6) is 0 Å². The van der Waals surface area contributed by atoms with Crippen molar-refractivity contribution < 1.29 is 9.72 Å². The first kappa shape index (κ1) is 19.7. The van der Waals surface area contributed by atoms with E-state index < -0.39 is 10.8 Å². The molecule has 7 nitrogen and oxygen atoms in total. The summed E-state index contributed by atoms with van der Waals surface area (Å²) in [6.07, 6.45) is 2.33. The van der Waals surface area contributed by atoms with Crippen molar-refractivity contribution in [2.45, 2.75) is 26.2 Å². The topological polar surface area (TPSA) is 108 Å². The van der Waals surface area contributed by atoms with Crippen LogP contribution in [0, 0.1) is 21.4 Å². The van der Waals surface area contributed by atoms with Gasteiger partial charge in [0.25, 0.3) is 11.6 Å². The molecule has 7 heteroatoms. The Morgan fingerprint density at radius 1 is 1.26 bits per heavy atom. The summed E-state index contributed by atoms with van der Waals surface area (Å²) < 4.78 is 0. The summed E-state index contributed by atoms with van der Waals surface area (Å²) in [6.45, 7) is 4.20. The Morgan fingerprint density at radius 3 is 2.52 bits per heavy atom. The summed E-state index contributed by atoms with van der Waals surface area (Å²) >= 11 is 0. The Morgan fingerprint density at radius 2 is 1.93 bits per heavy atom. The normalized spacial score (nSPS) is 12.0. The minimum atomic E-state index is -0.597. The lowest BCUT2D eigenvalue weighted by atomic mass is 9.97. The number of nitro benzene ring substituents is 1. The number of amides is 1. The van der Waals surface area contributed by atoms with Crippen LogP contribution in [0.25, 0.3) is 0 Å². The van der Waals surface area contributed by atoms with Crippen LogP contribution in [-0.2, 0) is 4.79 Å². The van der Waals surface area contributed by atoms with Gasteiger partial charge in [0, 0.05) is 29.7 Å². The fourth-order valence-corrected chi connectivity index (χ4v) is 2.44. The van der Waals surface area contributed by atoms with Crippen molar-refractivity contribution in [3.63, 3.8) is 0 Å². The monoisotopic (exact) mass is 364 g/mol. The minimum Gasteiger partial charge on any atom is -0.360 e. The molecule has 2 aromatic rings. The molecular weight excluding hydrogens is 344 g/mol. The van der Waals surface area contributed by atoms with E-state index in [-0.39, 0.29) is 11.3 Å². The number of nitro groups is 1. The maximum Gasteiger partial charge on any atom is 0.269 e. The summed E-state index contributed by atoms with van der Waals surface area (Å²) in [6, 6.07) is 15.0. The lowest BCUT2D eigenvalue weighted by Crippen LogP contribution is -2.14. The Bertz CT molecular complexity index is 898. The standard InChI is InChI=1S/C20H20N4O3/c1-3-14(2)18-6-4-5-7-19(18)22-13-15(12-21)20(25)23-16-8-10-17(11-9-16)24(26)27/h4-11,13-14,22H,3H2,1-2H3,(H,23,25)/b15-13-. The van der Waals surface area contributed by atoms with Gasteiger partial charge >= 0.3 is 0 Å². The van der Waals surface area contributed by atoms with Crippen molar-refractivity contribution in [3.05, 3.63) is 76.0 Å². The third kappa shape index (κ3) is 5.16. The molecule has 0 bridgehead atoms. The van der Waals surface area contributed by atoms with Gasteiger partial charge in [-0.25, -0.2) is 0 Å². The molecule has 2 aromatic carbocycles. The number of para-hydroxylation sites is 1. The molecule has 0 aliphatic rings. The Labute approximate surface area is 157 Å². The van der Waals surface area contributed by atoms with Gasteiger partial charge in [0.05, 0.1) is 4.92 Å². The Hall–Kier alpha value is -3.66. The molecule has 0 saturated heterocycles. The molecule has 0 saturated carbocycles. The maximum atomic E-state index is 12.3. The maximum absolute atomic E-state index is 12.3. The van der Waals surface area contributed by atoms with E-state index in [1.165, 1.54) is 30.5 Å². The molecule has 0 aliphatic heterocycles. The first-order chi connectivity index (χ1) is 13.0. The SMILES string of the molecule is CCC(C)c1ccccc1N/C=C(/C#N)C(=O)Nc1ccc([N+](=O)[O-])cc1. The summed E-state index contributed by atoms with van der Waals surface area (Å²) in [5.74, 6) is -0.263. The fourth-order valence-electron chi connectivity index (χ4n) is 2.44. The molecule has 1 atom stereocenters. The number of nitrogens with one attached hydrogen (secondary N) is 2. The molecule has 2 N–H and O–H groups in total. The molecule has 0 radical (unpaired) electrons. The number of non-ortho nitro benzene ring substituents is 1. The largest absolute Gasteiger partial charge is 0.360 e. The van der Waals surface area contributed by atoms with Gasteiger partial charge in [0.1, 0.15) is 11.6 Å². The second-order valence-corrected chi connectivity index (χ2v) is 5.97. The predicted octanol–water partition coefficient (Wildman–Crippen LogP) is 4.57. The van der Waals surface area contributed by atoms with Crippen LogP contribution in [0.1, 0.15) is 31.7 Å². The van der Waals surface area contributed by atoms with Crippen LogP contribution in [0.4, 0.5) is 17.1 Å².